The molecule has 78 valence electrons. The molecule has 0 atom stereocenters. The Bertz CT molecular complexity index is 287. The van der Waals surface area contributed by atoms with Crippen LogP contribution in [0.25, 0.3) is 0 Å². The van der Waals surface area contributed by atoms with E-state index in [-0.39, 0.29) is 0 Å². The largest absolute Gasteiger partial charge is 0.496 e. The summed E-state index contributed by atoms with van der Waals surface area (Å²) in [5, 5.41) is 0. The fourth-order valence-electron chi connectivity index (χ4n) is 1.29. The molecular formula is C10H15NO3. The number of pyridine rings is 1. The molecule has 0 unspecified atom stereocenters. The van der Waals surface area contributed by atoms with Crippen LogP contribution in [0.1, 0.15) is 12.5 Å². The van der Waals surface area contributed by atoms with Gasteiger partial charge in [0.15, 0.2) is 0 Å². The molecule has 4 heteroatoms. The molecule has 0 aliphatic rings. The van der Waals surface area contributed by atoms with Crippen molar-refractivity contribution in [1.82, 2.24) is 4.98 Å². The van der Waals surface area contributed by atoms with Crippen LogP contribution in [0.15, 0.2) is 6.07 Å². The van der Waals surface area contributed by atoms with Gasteiger partial charge in [-0.05, 0) is 6.42 Å². The monoisotopic (exact) mass is 197 g/mol. The Labute approximate surface area is 83.8 Å². The second-order valence-electron chi connectivity index (χ2n) is 2.71. The van der Waals surface area contributed by atoms with Gasteiger partial charge in [-0.2, -0.15) is 4.98 Å². The number of ether oxygens (including phenoxy) is 3. The highest BCUT2D eigenvalue weighted by Crippen LogP contribution is 2.30. The molecule has 14 heavy (non-hydrogen) atoms. The van der Waals surface area contributed by atoms with E-state index in [0.717, 1.165) is 17.7 Å². The maximum absolute atomic E-state index is 5.22. The summed E-state index contributed by atoms with van der Waals surface area (Å²) in [5.41, 5.74) is 0.954. The SMILES string of the molecule is CCc1c(OC)cc(OC)nc1OC. The van der Waals surface area contributed by atoms with Crippen LogP contribution in [-0.4, -0.2) is 26.3 Å². The molecule has 0 aromatic carbocycles. The van der Waals surface area contributed by atoms with Crippen LogP contribution < -0.4 is 14.2 Å². The van der Waals surface area contributed by atoms with Crippen molar-refractivity contribution in [1.29, 1.82) is 0 Å². The Morgan fingerprint density at radius 1 is 1.14 bits per heavy atom. The molecule has 1 aromatic rings. The standard InChI is InChI=1S/C10H15NO3/c1-5-7-8(12-2)6-9(13-3)11-10(7)14-4/h6H,5H2,1-4H3. The third-order valence-electron chi connectivity index (χ3n) is 2.00. The zero-order valence-electron chi connectivity index (χ0n) is 8.96. The summed E-state index contributed by atoms with van der Waals surface area (Å²) in [6.07, 6.45) is 0.809. The summed E-state index contributed by atoms with van der Waals surface area (Å²) in [6.45, 7) is 2.02. The molecule has 0 amide bonds. The maximum atomic E-state index is 5.22. The van der Waals surface area contributed by atoms with Crippen molar-refractivity contribution < 1.29 is 14.2 Å². The van der Waals surface area contributed by atoms with Crippen molar-refractivity contribution in [2.45, 2.75) is 13.3 Å². The van der Waals surface area contributed by atoms with E-state index in [2.05, 4.69) is 4.98 Å². The van der Waals surface area contributed by atoms with Crippen LogP contribution in [0.5, 0.6) is 17.5 Å². The lowest BCUT2D eigenvalue weighted by Crippen LogP contribution is -2.00. The van der Waals surface area contributed by atoms with Crippen molar-refractivity contribution in [3.63, 3.8) is 0 Å². The van der Waals surface area contributed by atoms with Crippen LogP contribution in [-0.2, 0) is 6.42 Å². The summed E-state index contributed by atoms with van der Waals surface area (Å²) in [5.74, 6) is 1.80. The van der Waals surface area contributed by atoms with Crippen molar-refractivity contribution in [2.24, 2.45) is 0 Å². The van der Waals surface area contributed by atoms with Gasteiger partial charge in [0, 0.05) is 6.07 Å². The zero-order chi connectivity index (χ0) is 10.6. The second kappa shape index (κ2) is 4.69. The number of rotatable bonds is 4. The van der Waals surface area contributed by atoms with Crippen molar-refractivity contribution in [3.05, 3.63) is 11.6 Å². The lowest BCUT2D eigenvalue weighted by Gasteiger charge is -2.12. The quantitative estimate of drug-likeness (QED) is 0.736. The van der Waals surface area contributed by atoms with E-state index in [4.69, 9.17) is 14.2 Å². The molecule has 0 radical (unpaired) electrons. The van der Waals surface area contributed by atoms with Crippen LogP contribution >= 0.6 is 0 Å². The average molecular weight is 197 g/mol. The summed E-state index contributed by atoms with van der Waals surface area (Å²) in [7, 11) is 4.76. The van der Waals surface area contributed by atoms with E-state index in [1.54, 1.807) is 27.4 Å². The number of hydrogen-bond donors (Lipinski definition) is 0. The van der Waals surface area contributed by atoms with E-state index in [1.807, 2.05) is 6.92 Å². The molecule has 0 aliphatic heterocycles. The van der Waals surface area contributed by atoms with Crippen LogP contribution in [0.4, 0.5) is 0 Å². The van der Waals surface area contributed by atoms with E-state index >= 15 is 0 Å². The minimum absolute atomic E-state index is 0.496. The normalized spacial score (nSPS) is 9.71. The molecule has 0 fully saturated rings. The van der Waals surface area contributed by atoms with Crippen molar-refractivity contribution >= 4 is 0 Å². The second-order valence-corrected chi connectivity index (χ2v) is 2.71. The minimum Gasteiger partial charge on any atom is -0.496 e. The third-order valence-corrected chi connectivity index (χ3v) is 2.00. The molecule has 0 saturated heterocycles. The van der Waals surface area contributed by atoms with Gasteiger partial charge in [0.1, 0.15) is 5.75 Å². The highest BCUT2D eigenvalue weighted by Gasteiger charge is 2.12. The lowest BCUT2D eigenvalue weighted by atomic mass is 10.2. The molecule has 0 N–H and O–H groups in total. The lowest BCUT2D eigenvalue weighted by molar-refractivity contribution is 0.346. The summed E-state index contributed by atoms with van der Waals surface area (Å²) < 4.78 is 15.4. The van der Waals surface area contributed by atoms with Gasteiger partial charge in [-0.25, -0.2) is 0 Å². The Morgan fingerprint density at radius 3 is 2.29 bits per heavy atom. The maximum Gasteiger partial charge on any atom is 0.223 e. The third kappa shape index (κ3) is 1.89. The van der Waals surface area contributed by atoms with Gasteiger partial charge >= 0.3 is 0 Å². The molecule has 1 heterocycles. The van der Waals surface area contributed by atoms with Gasteiger partial charge in [-0.1, -0.05) is 6.92 Å². The molecule has 1 aromatic heterocycles. The van der Waals surface area contributed by atoms with Crippen molar-refractivity contribution in [2.75, 3.05) is 21.3 Å². The van der Waals surface area contributed by atoms with Gasteiger partial charge in [-0.3, -0.25) is 0 Å². The van der Waals surface area contributed by atoms with Crippen LogP contribution in [0, 0.1) is 0 Å². The minimum atomic E-state index is 0.496. The summed E-state index contributed by atoms with van der Waals surface area (Å²) in [6, 6.07) is 1.75. The van der Waals surface area contributed by atoms with E-state index < -0.39 is 0 Å². The molecule has 4 nitrogen and oxygen atoms in total. The van der Waals surface area contributed by atoms with Crippen molar-refractivity contribution in [3.8, 4) is 17.5 Å². The fourth-order valence-corrected chi connectivity index (χ4v) is 1.29. The molecule has 0 aliphatic carbocycles. The Kier molecular flexibility index (Phi) is 3.56. The smallest absolute Gasteiger partial charge is 0.223 e. The molecule has 0 saturated carbocycles. The topological polar surface area (TPSA) is 40.6 Å². The van der Waals surface area contributed by atoms with Gasteiger partial charge in [0.25, 0.3) is 0 Å². The highest BCUT2D eigenvalue weighted by atomic mass is 16.5. The molecule has 0 bridgehead atoms. The number of methoxy groups -OCH3 is 3. The van der Waals surface area contributed by atoms with Gasteiger partial charge in [0.05, 0.1) is 26.9 Å². The first-order chi connectivity index (χ1) is 6.76. The zero-order valence-corrected chi connectivity index (χ0v) is 8.96. The molecular weight excluding hydrogens is 182 g/mol. The molecule has 0 spiro atoms. The highest BCUT2D eigenvalue weighted by molar-refractivity contribution is 5.43. The fraction of sp³-hybridized carbons (Fsp3) is 0.500. The van der Waals surface area contributed by atoms with Gasteiger partial charge in [0.2, 0.25) is 11.8 Å². The number of nitrogens with zero attached hydrogens (tertiary/aromatic N) is 1. The number of hydrogen-bond acceptors (Lipinski definition) is 4. The first kappa shape index (κ1) is 10.6. The first-order valence-electron chi connectivity index (χ1n) is 4.42. The molecule has 1 rings (SSSR count). The Morgan fingerprint density at radius 2 is 1.86 bits per heavy atom. The summed E-state index contributed by atoms with van der Waals surface area (Å²) in [4.78, 5) is 4.16. The first-order valence-corrected chi connectivity index (χ1v) is 4.42. The van der Waals surface area contributed by atoms with Crippen LogP contribution in [0.3, 0.4) is 0 Å². The number of aromatic nitrogens is 1. The van der Waals surface area contributed by atoms with Gasteiger partial charge < -0.3 is 14.2 Å². The summed E-state index contributed by atoms with van der Waals surface area (Å²) >= 11 is 0. The van der Waals surface area contributed by atoms with Crippen LogP contribution in [0.2, 0.25) is 0 Å². The predicted octanol–water partition coefficient (Wildman–Crippen LogP) is 1.67. The predicted molar refractivity (Wildman–Crippen MR) is 53.3 cm³/mol. The van der Waals surface area contributed by atoms with E-state index in [9.17, 15) is 0 Å². The van der Waals surface area contributed by atoms with E-state index in [1.165, 1.54) is 0 Å². The van der Waals surface area contributed by atoms with Gasteiger partial charge in [-0.15, -0.1) is 0 Å². The Balaban J connectivity index is 3.24. The average Bonchev–Trinajstić information content (AvgIpc) is 2.26. The van der Waals surface area contributed by atoms with E-state index in [0.29, 0.717) is 11.8 Å². The Hall–Kier alpha value is -1.45.